The predicted molar refractivity (Wildman–Crippen MR) is 35.5 cm³/mol. The van der Waals surface area contributed by atoms with Crippen molar-refractivity contribution in [3.05, 3.63) is 0 Å². The zero-order chi connectivity index (χ0) is 5.70. The molecule has 11 heavy (non-hydrogen) atoms. The zero-order valence-corrected chi connectivity index (χ0v) is 8.48. The van der Waals surface area contributed by atoms with Gasteiger partial charge in [-0.25, -0.2) is 0 Å². The smallest absolute Gasteiger partial charge is 2.00 e. The molecule has 0 aliphatic carbocycles. The molecule has 0 heterocycles. The summed E-state index contributed by atoms with van der Waals surface area (Å²) in [5.74, 6) is 0. The van der Waals surface area contributed by atoms with Gasteiger partial charge in [0.2, 0.25) is 0 Å². The third-order valence-electron chi connectivity index (χ3n) is 1.34. The van der Waals surface area contributed by atoms with E-state index in [4.69, 9.17) is 0 Å². The minimum atomic E-state index is 0. The van der Waals surface area contributed by atoms with Gasteiger partial charge in [-0.3, -0.25) is 0 Å². The van der Waals surface area contributed by atoms with Crippen LogP contribution >= 0.6 is 0 Å². The first-order valence-electron chi connectivity index (χ1n) is 3.07. The second-order valence-electron chi connectivity index (χ2n) is 1.62. The molecule has 0 unspecified atom stereocenters. The molecule has 0 bridgehead atoms. The Morgan fingerprint density at radius 2 is 0.909 bits per heavy atom. The Kier molecular flexibility index (Phi) is 61.5. The fraction of sp³-hybridized carbons (Fsp3) is 1.00. The maximum Gasteiger partial charge on any atom is 6.00 e. The van der Waals surface area contributed by atoms with Gasteiger partial charge in [0, 0.05) is 0 Å². The van der Waals surface area contributed by atoms with E-state index < -0.39 is 0 Å². The molecular formula is C6H15CrNO3. The van der Waals surface area contributed by atoms with Crippen LogP contribution in [-0.4, -0.2) is 24.5 Å². The molecule has 0 amide bonds. The van der Waals surface area contributed by atoms with Crippen molar-refractivity contribution in [1.29, 1.82) is 0 Å². The Hall–Kier alpha value is 0.372. The van der Waals surface area contributed by atoms with Gasteiger partial charge in [-0.05, 0) is 19.6 Å². The fourth-order valence-corrected chi connectivity index (χ4v) is 0.671. The standard InChI is InChI=1S/C6H15N.Cr.3O/c1-4-7(5-2)6-3;;;;/h4-6H2,1-3H3;;;;/q;+6;3*-2. The van der Waals surface area contributed by atoms with Gasteiger partial charge in [-0.1, -0.05) is 20.8 Å². The van der Waals surface area contributed by atoms with Crippen LogP contribution in [0.15, 0.2) is 0 Å². The molecule has 0 aromatic rings. The second-order valence-corrected chi connectivity index (χ2v) is 1.62. The van der Waals surface area contributed by atoms with Crippen molar-refractivity contribution in [3.63, 3.8) is 0 Å². The number of hydrogen-bond acceptors (Lipinski definition) is 1. The van der Waals surface area contributed by atoms with E-state index in [1.807, 2.05) is 0 Å². The molecule has 0 atom stereocenters. The molecule has 0 fully saturated rings. The molecule has 0 rings (SSSR count). The minimum absolute atomic E-state index is 0. The third kappa shape index (κ3) is 17.9. The predicted octanol–water partition coefficient (Wildman–Crippen LogP) is 0.989. The Morgan fingerprint density at radius 3 is 0.909 bits per heavy atom. The van der Waals surface area contributed by atoms with Gasteiger partial charge in [0.25, 0.3) is 0 Å². The van der Waals surface area contributed by atoms with Gasteiger partial charge in [0.15, 0.2) is 0 Å². The summed E-state index contributed by atoms with van der Waals surface area (Å²) in [5.41, 5.74) is 0. The first kappa shape index (κ1) is 30.1. The Labute approximate surface area is 79.6 Å². The summed E-state index contributed by atoms with van der Waals surface area (Å²) in [5, 5.41) is 0. The molecule has 68 valence electrons. The van der Waals surface area contributed by atoms with Gasteiger partial charge < -0.3 is 21.3 Å². The molecule has 4 nitrogen and oxygen atoms in total. The van der Waals surface area contributed by atoms with E-state index in [0.717, 1.165) is 0 Å². The van der Waals surface area contributed by atoms with Crippen molar-refractivity contribution >= 4 is 0 Å². The Morgan fingerprint density at radius 1 is 0.727 bits per heavy atom. The van der Waals surface area contributed by atoms with Crippen molar-refractivity contribution in [2.75, 3.05) is 19.6 Å². The molecule has 0 aromatic carbocycles. The van der Waals surface area contributed by atoms with Crippen LogP contribution < -0.4 is 0 Å². The van der Waals surface area contributed by atoms with Crippen LogP contribution in [0.1, 0.15) is 20.8 Å². The maximum atomic E-state index is 2.38. The first-order valence-corrected chi connectivity index (χ1v) is 3.07. The molecule has 0 aliphatic rings. The molecular weight excluding hydrogens is 186 g/mol. The monoisotopic (exact) mass is 201 g/mol. The second kappa shape index (κ2) is 22.4. The zero-order valence-electron chi connectivity index (χ0n) is 7.20. The van der Waals surface area contributed by atoms with E-state index in [-0.39, 0.29) is 33.8 Å². The van der Waals surface area contributed by atoms with E-state index in [1.165, 1.54) is 19.6 Å². The molecule has 5 heteroatoms. The van der Waals surface area contributed by atoms with Crippen molar-refractivity contribution in [2.24, 2.45) is 0 Å². The van der Waals surface area contributed by atoms with Crippen LogP contribution in [-0.2, 0) is 33.8 Å². The molecule has 0 saturated heterocycles. The SMILES string of the molecule is CCN(CC)CC.[Cr+6].[O-2].[O-2].[O-2]. The van der Waals surface area contributed by atoms with Gasteiger partial charge in [-0.15, -0.1) is 0 Å². The van der Waals surface area contributed by atoms with Crippen molar-refractivity contribution in [1.82, 2.24) is 4.90 Å². The summed E-state index contributed by atoms with van der Waals surface area (Å²) in [7, 11) is 0. The maximum absolute atomic E-state index is 2.38. The van der Waals surface area contributed by atoms with Crippen LogP contribution in [0.2, 0.25) is 0 Å². The Bertz CT molecular complexity index is 39.3. The number of rotatable bonds is 3. The number of hydrogen-bond donors (Lipinski definition) is 0. The van der Waals surface area contributed by atoms with E-state index >= 15 is 0 Å². The average molecular weight is 201 g/mol. The van der Waals surface area contributed by atoms with Crippen LogP contribution in [0.5, 0.6) is 0 Å². The topological polar surface area (TPSA) is 88.7 Å². The Balaban J connectivity index is -0.0000000300. The molecule has 0 radical (unpaired) electrons. The fourth-order valence-electron chi connectivity index (χ4n) is 0.671. The van der Waals surface area contributed by atoms with E-state index in [2.05, 4.69) is 25.7 Å². The molecule has 0 aliphatic heterocycles. The average Bonchev–Trinajstić information content (AvgIpc) is 1.72. The van der Waals surface area contributed by atoms with Crippen LogP contribution in [0, 0.1) is 0 Å². The third-order valence-corrected chi connectivity index (χ3v) is 1.34. The normalized spacial score (nSPS) is 6.55. The summed E-state index contributed by atoms with van der Waals surface area (Å²) in [6.45, 7) is 10.1. The molecule has 0 aromatic heterocycles. The summed E-state index contributed by atoms with van der Waals surface area (Å²) in [6, 6.07) is 0. The molecule has 0 N–H and O–H groups in total. The van der Waals surface area contributed by atoms with Gasteiger partial charge in [0.1, 0.15) is 0 Å². The van der Waals surface area contributed by atoms with Crippen molar-refractivity contribution < 1.29 is 33.8 Å². The van der Waals surface area contributed by atoms with Crippen molar-refractivity contribution in [3.8, 4) is 0 Å². The summed E-state index contributed by atoms with van der Waals surface area (Å²) >= 11 is 0. The van der Waals surface area contributed by atoms with Gasteiger partial charge in [0.05, 0.1) is 0 Å². The number of nitrogens with zero attached hydrogens (tertiary/aromatic N) is 1. The minimum Gasteiger partial charge on any atom is -2.00 e. The quantitative estimate of drug-likeness (QED) is 0.669. The first-order chi connectivity index (χ1) is 3.35. The summed E-state index contributed by atoms with van der Waals surface area (Å²) in [4.78, 5) is 2.38. The van der Waals surface area contributed by atoms with Crippen LogP contribution in [0.3, 0.4) is 0 Å². The van der Waals surface area contributed by atoms with Crippen LogP contribution in [0.4, 0.5) is 0 Å². The largest absolute Gasteiger partial charge is 6.00 e. The van der Waals surface area contributed by atoms with E-state index in [0.29, 0.717) is 0 Å². The molecule has 0 saturated carbocycles. The summed E-state index contributed by atoms with van der Waals surface area (Å²) < 4.78 is 0. The van der Waals surface area contributed by atoms with Crippen LogP contribution in [0.25, 0.3) is 0 Å². The molecule has 0 spiro atoms. The summed E-state index contributed by atoms with van der Waals surface area (Å²) in [6.07, 6.45) is 0. The van der Waals surface area contributed by atoms with Gasteiger partial charge >= 0.3 is 17.4 Å². The van der Waals surface area contributed by atoms with Gasteiger partial charge in [-0.2, -0.15) is 0 Å². The van der Waals surface area contributed by atoms with E-state index in [1.54, 1.807) is 0 Å². The van der Waals surface area contributed by atoms with Crippen molar-refractivity contribution in [2.45, 2.75) is 20.8 Å². The van der Waals surface area contributed by atoms with E-state index in [9.17, 15) is 0 Å².